The van der Waals surface area contributed by atoms with Gasteiger partial charge in [0, 0.05) is 37.8 Å². The fourth-order valence-corrected chi connectivity index (χ4v) is 3.26. The fraction of sp³-hybridized carbons (Fsp3) is 0.300. The van der Waals surface area contributed by atoms with E-state index in [0.717, 1.165) is 5.56 Å². The van der Waals surface area contributed by atoms with E-state index in [0.29, 0.717) is 31.7 Å². The largest absolute Gasteiger partial charge is 0.478 e. The maximum Gasteiger partial charge on any atom is 0.335 e. The second-order valence-corrected chi connectivity index (χ2v) is 6.45. The number of carbonyl (C=O) groups is 2. The van der Waals surface area contributed by atoms with Gasteiger partial charge in [0.15, 0.2) is 0 Å². The Morgan fingerprint density at radius 1 is 1.00 bits per heavy atom. The molecule has 2 aromatic rings. The first-order valence-electron chi connectivity index (χ1n) is 8.58. The lowest BCUT2D eigenvalue weighted by molar-refractivity contribution is 0.0582. The van der Waals surface area contributed by atoms with Crippen LogP contribution in [0.3, 0.4) is 0 Å². The van der Waals surface area contributed by atoms with Gasteiger partial charge in [-0.2, -0.15) is 0 Å². The van der Waals surface area contributed by atoms with Crippen LogP contribution in [0, 0.1) is 5.82 Å². The van der Waals surface area contributed by atoms with Crippen molar-refractivity contribution in [3.63, 3.8) is 0 Å². The summed E-state index contributed by atoms with van der Waals surface area (Å²) < 4.78 is 13.4. The van der Waals surface area contributed by atoms with Crippen LogP contribution in [0.4, 0.5) is 4.39 Å². The summed E-state index contributed by atoms with van der Waals surface area (Å²) in [6, 6.07) is 12.7. The van der Waals surface area contributed by atoms with Gasteiger partial charge in [0.25, 0.3) is 5.91 Å². The molecule has 1 atom stereocenters. The van der Waals surface area contributed by atoms with Gasteiger partial charge in [-0.15, -0.1) is 0 Å². The van der Waals surface area contributed by atoms with E-state index in [1.807, 2.05) is 13.0 Å². The Morgan fingerprint density at radius 2 is 1.65 bits per heavy atom. The van der Waals surface area contributed by atoms with E-state index in [-0.39, 0.29) is 23.3 Å². The first-order valence-corrected chi connectivity index (χ1v) is 8.58. The molecule has 1 heterocycles. The van der Waals surface area contributed by atoms with E-state index < -0.39 is 5.97 Å². The molecule has 136 valence electrons. The van der Waals surface area contributed by atoms with Crippen molar-refractivity contribution in [3.8, 4) is 0 Å². The topological polar surface area (TPSA) is 60.9 Å². The predicted octanol–water partition coefficient (Wildman–Crippen LogP) is 3.04. The standard InChI is InChI=1S/C20H21FN2O3/c1-14(15-4-3-7-18(21)13-15)22-8-10-23(11-9-22)19(24)16-5-2-6-17(12-16)20(25)26/h2-7,12-14H,8-11H2,1H3,(H,25,26). The Kier molecular flexibility index (Phi) is 5.32. The highest BCUT2D eigenvalue weighted by molar-refractivity contribution is 5.97. The van der Waals surface area contributed by atoms with Gasteiger partial charge >= 0.3 is 5.97 Å². The number of hydrogen-bond donors (Lipinski definition) is 1. The maximum atomic E-state index is 13.4. The van der Waals surface area contributed by atoms with Crippen LogP contribution in [0.15, 0.2) is 48.5 Å². The molecule has 1 saturated heterocycles. The molecule has 26 heavy (non-hydrogen) atoms. The number of carboxylic acids is 1. The Hall–Kier alpha value is -2.73. The number of nitrogens with zero attached hydrogens (tertiary/aromatic N) is 2. The molecule has 0 bridgehead atoms. The van der Waals surface area contributed by atoms with E-state index in [9.17, 15) is 14.0 Å². The lowest BCUT2D eigenvalue weighted by Gasteiger charge is -2.38. The van der Waals surface area contributed by atoms with Crippen LogP contribution in [-0.4, -0.2) is 53.0 Å². The number of carbonyl (C=O) groups excluding carboxylic acids is 1. The first-order chi connectivity index (χ1) is 12.5. The van der Waals surface area contributed by atoms with Crippen LogP contribution in [0.2, 0.25) is 0 Å². The van der Waals surface area contributed by atoms with Gasteiger partial charge in [-0.25, -0.2) is 9.18 Å². The van der Waals surface area contributed by atoms with Gasteiger partial charge < -0.3 is 10.0 Å². The zero-order chi connectivity index (χ0) is 18.7. The smallest absolute Gasteiger partial charge is 0.335 e. The lowest BCUT2D eigenvalue weighted by atomic mass is 10.1. The molecule has 0 spiro atoms. The summed E-state index contributed by atoms with van der Waals surface area (Å²) >= 11 is 0. The predicted molar refractivity (Wildman–Crippen MR) is 95.7 cm³/mol. The summed E-state index contributed by atoms with van der Waals surface area (Å²) in [6.45, 7) is 4.50. The molecule has 2 aromatic carbocycles. The number of rotatable bonds is 4. The van der Waals surface area contributed by atoms with E-state index >= 15 is 0 Å². The molecular formula is C20H21FN2O3. The number of carboxylic acid groups (broad SMARTS) is 1. The Labute approximate surface area is 151 Å². The van der Waals surface area contributed by atoms with Crippen LogP contribution in [-0.2, 0) is 0 Å². The zero-order valence-electron chi connectivity index (χ0n) is 14.6. The number of hydrogen-bond acceptors (Lipinski definition) is 3. The molecule has 1 unspecified atom stereocenters. The summed E-state index contributed by atoms with van der Waals surface area (Å²) in [4.78, 5) is 27.6. The molecule has 1 N–H and O–H groups in total. The molecule has 6 heteroatoms. The second kappa shape index (κ2) is 7.66. The fourth-order valence-electron chi connectivity index (χ4n) is 3.26. The zero-order valence-corrected chi connectivity index (χ0v) is 14.6. The molecule has 1 fully saturated rings. The van der Waals surface area contributed by atoms with Crippen molar-refractivity contribution in [2.75, 3.05) is 26.2 Å². The summed E-state index contributed by atoms with van der Waals surface area (Å²) in [5.74, 6) is -1.46. The van der Waals surface area contributed by atoms with Crippen molar-refractivity contribution < 1.29 is 19.1 Å². The highest BCUT2D eigenvalue weighted by Crippen LogP contribution is 2.22. The van der Waals surface area contributed by atoms with E-state index in [4.69, 9.17) is 5.11 Å². The van der Waals surface area contributed by atoms with Gasteiger partial charge in [0.1, 0.15) is 5.82 Å². The summed E-state index contributed by atoms with van der Waals surface area (Å²) in [7, 11) is 0. The Balaban J connectivity index is 1.64. The number of aromatic carboxylic acids is 1. The average molecular weight is 356 g/mol. The van der Waals surface area contributed by atoms with Crippen molar-refractivity contribution in [1.29, 1.82) is 0 Å². The molecule has 0 aromatic heterocycles. The Morgan fingerprint density at radius 3 is 2.31 bits per heavy atom. The first kappa shape index (κ1) is 18.1. The molecule has 3 rings (SSSR count). The van der Waals surface area contributed by atoms with Gasteiger partial charge in [-0.1, -0.05) is 18.2 Å². The minimum atomic E-state index is -1.05. The molecule has 5 nitrogen and oxygen atoms in total. The summed E-state index contributed by atoms with van der Waals surface area (Å²) in [5, 5.41) is 9.07. The molecule has 1 aliphatic heterocycles. The molecule has 1 aliphatic rings. The molecule has 0 aliphatic carbocycles. The molecular weight excluding hydrogens is 335 g/mol. The third kappa shape index (κ3) is 3.91. The third-order valence-corrected chi connectivity index (χ3v) is 4.84. The van der Waals surface area contributed by atoms with Crippen molar-refractivity contribution in [2.24, 2.45) is 0 Å². The van der Waals surface area contributed by atoms with E-state index in [1.165, 1.54) is 18.2 Å². The number of benzene rings is 2. The SMILES string of the molecule is CC(c1cccc(F)c1)N1CCN(C(=O)c2cccc(C(=O)O)c2)CC1. The minimum absolute atomic E-state index is 0.0679. The van der Waals surface area contributed by atoms with Gasteiger partial charge in [0.2, 0.25) is 0 Å². The Bertz CT molecular complexity index is 816. The second-order valence-electron chi connectivity index (χ2n) is 6.45. The highest BCUT2D eigenvalue weighted by atomic mass is 19.1. The van der Waals surface area contributed by atoms with Gasteiger partial charge in [-0.05, 0) is 42.8 Å². The summed E-state index contributed by atoms with van der Waals surface area (Å²) in [5.41, 5.74) is 1.41. The van der Waals surface area contributed by atoms with Gasteiger partial charge in [-0.3, -0.25) is 9.69 Å². The monoisotopic (exact) mass is 356 g/mol. The average Bonchev–Trinajstić information content (AvgIpc) is 2.67. The minimum Gasteiger partial charge on any atom is -0.478 e. The highest BCUT2D eigenvalue weighted by Gasteiger charge is 2.25. The summed E-state index contributed by atoms with van der Waals surface area (Å²) in [6.07, 6.45) is 0. The normalized spacial score (nSPS) is 16.3. The van der Waals surface area contributed by atoms with Crippen molar-refractivity contribution in [1.82, 2.24) is 9.80 Å². The molecule has 0 radical (unpaired) electrons. The van der Waals surface area contributed by atoms with Crippen LogP contribution >= 0.6 is 0 Å². The third-order valence-electron chi connectivity index (χ3n) is 4.84. The quantitative estimate of drug-likeness (QED) is 0.915. The lowest BCUT2D eigenvalue weighted by Crippen LogP contribution is -2.49. The van der Waals surface area contributed by atoms with Crippen LogP contribution in [0.5, 0.6) is 0 Å². The number of piperazine rings is 1. The number of amides is 1. The van der Waals surface area contributed by atoms with Crippen LogP contribution in [0.1, 0.15) is 39.2 Å². The number of halogens is 1. The van der Waals surface area contributed by atoms with Crippen molar-refractivity contribution in [3.05, 3.63) is 71.0 Å². The van der Waals surface area contributed by atoms with Crippen molar-refractivity contribution in [2.45, 2.75) is 13.0 Å². The van der Waals surface area contributed by atoms with Gasteiger partial charge in [0.05, 0.1) is 5.56 Å². The molecule has 0 saturated carbocycles. The van der Waals surface area contributed by atoms with E-state index in [2.05, 4.69) is 4.90 Å². The molecule has 1 amide bonds. The van der Waals surface area contributed by atoms with Crippen LogP contribution in [0.25, 0.3) is 0 Å². The van der Waals surface area contributed by atoms with Crippen molar-refractivity contribution >= 4 is 11.9 Å². The maximum absolute atomic E-state index is 13.4. The van der Waals surface area contributed by atoms with E-state index in [1.54, 1.807) is 29.2 Å². The van der Waals surface area contributed by atoms with Crippen LogP contribution < -0.4 is 0 Å².